The van der Waals surface area contributed by atoms with Crippen LogP contribution in [0.3, 0.4) is 0 Å². The van der Waals surface area contributed by atoms with E-state index in [9.17, 15) is 13.2 Å². The molecule has 1 amide bonds. The van der Waals surface area contributed by atoms with E-state index in [1.54, 1.807) is 4.31 Å². The van der Waals surface area contributed by atoms with Gasteiger partial charge in [0.05, 0.1) is 11.8 Å². The maximum atomic E-state index is 12.7. The summed E-state index contributed by atoms with van der Waals surface area (Å²) in [6.45, 7) is 1.05. The summed E-state index contributed by atoms with van der Waals surface area (Å²) in [5, 5.41) is 2.52. The van der Waals surface area contributed by atoms with Crippen molar-refractivity contribution in [2.75, 3.05) is 18.8 Å². The summed E-state index contributed by atoms with van der Waals surface area (Å²) in [6.07, 6.45) is 3.31. The molecule has 2 aliphatic rings. The third-order valence-electron chi connectivity index (χ3n) is 4.91. The second-order valence-electron chi connectivity index (χ2n) is 6.17. The zero-order chi connectivity index (χ0) is 15.6. The third-order valence-corrected chi connectivity index (χ3v) is 6.81. The topological polar surface area (TPSA) is 66.5 Å². The van der Waals surface area contributed by atoms with Gasteiger partial charge >= 0.3 is 0 Å². The van der Waals surface area contributed by atoms with Crippen molar-refractivity contribution in [1.29, 1.82) is 0 Å². The Bertz CT molecular complexity index is 618. The summed E-state index contributed by atoms with van der Waals surface area (Å²) in [4.78, 5) is 10.2. The van der Waals surface area contributed by atoms with Crippen molar-refractivity contribution in [3.05, 3.63) is 35.9 Å². The molecule has 1 saturated heterocycles. The number of nitrogens with one attached hydrogen (secondary N) is 1. The van der Waals surface area contributed by atoms with Gasteiger partial charge in [0.2, 0.25) is 16.4 Å². The number of hydrogen-bond donors (Lipinski definition) is 1. The highest BCUT2D eigenvalue weighted by molar-refractivity contribution is 7.89. The molecule has 1 N–H and O–H groups in total. The van der Waals surface area contributed by atoms with Crippen LogP contribution >= 0.6 is 0 Å². The number of carbonyl (C=O) groups excluding carboxylic acids is 1. The lowest BCUT2D eigenvalue weighted by Gasteiger charge is -2.34. The lowest BCUT2D eigenvalue weighted by molar-refractivity contribution is -0.109. The molecule has 120 valence electrons. The summed E-state index contributed by atoms with van der Waals surface area (Å²) >= 11 is 0. The van der Waals surface area contributed by atoms with Gasteiger partial charge in [-0.05, 0) is 36.7 Å². The van der Waals surface area contributed by atoms with Crippen molar-refractivity contribution in [3.8, 4) is 0 Å². The zero-order valence-corrected chi connectivity index (χ0v) is 13.3. The quantitative estimate of drug-likeness (QED) is 0.611. The molecule has 3 rings (SSSR count). The van der Waals surface area contributed by atoms with E-state index in [0.29, 0.717) is 37.8 Å². The molecule has 22 heavy (non-hydrogen) atoms. The van der Waals surface area contributed by atoms with Crippen LogP contribution in [0.4, 0.5) is 0 Å². The SMILES string of the molecule is O=CNCCCS(=O)(=O)N1C[C@@H]2CC[C@@H]2[C@@H]1c1ccccc1. The Balaban J connectivity index is 1.77. The first-order chi connectivity index (χ1) is 10.6. The fourth-order valence-corrected chi connectivity index (χ4v) is 5.46. The molecule has 2 fully saturated rings. The lowest BCUT2D eigenvalue weighted by Crippen LogP contribution is -2.34. The van der Waals surface area contributed by atoms with Crippen molar-refractivity contribution in [1.82, 2.24) is 9.62 Å². The Hall–Kier alpha value is -1.40. The molecule has 6 heteroatoms. The largest absolute Gasteiger partial charge is 0.359 e. The van der Waals surface area contributed by atoms with Crippen LogP contribution in [0.25, 0.3) is 0 Å². The first kappa shape index (κ1) is 15.5. The van der Waals surface area contributed by atoms with Gasteiger partial charge in [-0.2, -0.15) is 4.31 Å². The molecule has 1 heterocycles. The second kappa shape index (κ2) is 6.38. The molecule has 0 unspecified atom stereocenters. The van der Waals surface area contributed by atoms with Gasteiger partial charge in [-0.3, -0.25) is 4.79 Å². The van der Waals surface area contributed by atoms with Gasteiger partial charge in [-0.15, -0.1) is 0 Å². The molecular weight excluding hydrogens is 300 g/mol. The van der Waals surface area contributed by atoms with E-state index in [1.165, 1.54) is 0 Å². The molecule has 1 saturated carbocycles. The molecule has 0 spiro atoms. The Kier molecular flexibility index (Phi) is 4.49. The number of nitrogens with zero attached hydrogens (tertiary/aromatic N) is 1. The molecule has 0 radical (unpaired) electrons. The van der Waals surface area contributed by atoms with Crippen LogP contribution in [0.2, 0.25) is 0 Å². The van der Waals surface area contributed by atoms with E-state index in [2.05, 4.69) is 5.32 Å². The average molecular weight is 322 g/mol. The minimum atomic E-state index is -3.29. The van der Waals surface area contributed by atoms with Gasteiger partial charge in [-0.25, -0.2) is 8.42 Å². The summed E-state index contributed by atoms with van der Waals surface area (Å²) in [5.74, 6) is 1.06. The number of sulfonamides is 1. The molecule has 1 aromatic rings. The van der Waals surface area contributed by atoms with E-state index >= 15 is 0 Å². The van der Waals surface area contributed by atoms with E-state index in [-0.39, 0.29) is 11.8 Å². The maximum Gasteiger partial charge on any atom is 0.214 e. The first-order valence-electron chi connectivity index (χ1n) is 7.85. The van der Waals surface area contributed by atoms with Gasteiger partial charge < -0.3 is 5.32 Å². The lowest BCUT2D eigenvalue weighted by atomic mass is 9.72. The van der Waals surface area contributed by atoms with Crippen LogP contribution in [-0.4, -0.2) is 38.0 Å². The molecule has 3 atom stereocenters. The highest BCUT2D eigenvalue weighted by Crippen LogP contribution is 2.52. The van der Waals surface area contributed by atoms with Gasteiger partial charge in [0.1, 0.15) is 0 Å². The number of amides is 1. The van der Waals surface area contributed by atoms with Crippen molar-refractivity contribution in [2.24, 2.45) is 11.8 Å². The first-order valence-corrected chi connectivity index (χ1v) is 9.46. The van der Waals surface area contributed by atoms with Crippen LogP contribution in [0, 0.1) is 11.8 Å². The van der Waals surface area contributed by atoms with Crippen LogP contribution in [0.5, 0.6) is 0 Å². The summed E-state index contributed by atoms with van der Waals surface area (Å²) in [6, 6.07) is 9.95. The Labute approximate surface area is 131 Å². The van der Waals surface area contributed by atoms with Crippen molar-refractivity contribution in [3.63, 3.8) is 0 Å². The fourth-order valence-electron chi connectivity index (χ4n) is 3.68. The van der Waals surface area contributed by atoms with Crippen LogP contribution in [0.15, 0.2) is 30.3 Å². The van der Waals surface area contributed by atoms with E-state index in [0.717, 1.165) is 18.4 Å². The number of fused-ring (bicyclic) bond motifs is 1. The molecule has 0 aromatic heterocycles. The summed E-state index contributed by atoms with van der Waals surface area (Å²) < 4.78 is 27.1. The molecule has 1 aromatic carbocycles. The van der Waals surface area contributed by atoms with E-state index in [1.807, 2.05) is 30.3 Å². The zero-order valence-electron chi connectivity index (χ0n) is 12.5. The van der Waals surface area contributed by atoms with Gasteiger partial charge in [0.25, 0.3) is 0 Å². The minimum absolute atomic E-state index is 0.0102. The van der Waals surface area contributed by atoms with Crippen LogP contribution in [0.1, 0.15) is 30.9 Å². The molecule has 1 aliphatic carbocycles. The average Bonchev–Trinajstić information content (AvgIpc) is 2.76. The predicted molar refractivity (Wildman–Crippen MR) is 84.6 cm³/mol. The summed E-state index contributed by atoms with van der Waals surface area (Å²) in [7, 11) is -3.29. The van der Waals surface area contributed by atoms with Crippen LogP contribution < -0.4 is 5.32 Å². The normalized spacial score (nSPS) is 27.9. The molecule has 5 nitrogen and oxygen atoms in total. The smallest absolute Gasteiger partial charge is 0.214 e. The number of hydrogen-bond acceptors (Lipinski definition) is 3. The molecule has 0 bridgehead atoms. The monoisotopic (exact) mass is 322 g/mol. The standard InChI is InChI=1S/C16H22N2O3S/c19-12-17-9-4-10-22(20,21)18-11-14-7-8-15(14)16(18)13-5-2-1-3-6-13/h1-3,5-6,12,14-16H,4,7-11H2,(H,17,19)/t14-,15-,16-/m0/s1. The number of benzene rings is 1. The Morgan fingerprint density at radius 2 is 2.00 bits per heavy atom. The minimum Gasteiger partial charge on any atom is -0.359 e. The van der Waals surface area contributed by atoms with Crippen molar-refractivity contribution >= 4 is 16.4 Å². The fraction of sp³-hybridized carbons (Fsp3) is 0.562. The molecular formula is C16H22N2O3S. The third kappa shape index (κ3) is 2.90. The van der Waals surface area contributed by atoms with Gasteiger partial charge in [-0.1, -0.05) is 30.3 Å². The highest BCUT2D eigenvalue weighted by Gasteiger charge is 2.51. The predicted octanol–water partition coefficient (Wildman–Crippen LogP) is 1.54. The summed E-state index contributed by atoms with van der Waals surface area (Å²) in [5.41, 5.74) is 1.10. The Morgan fingerprint density at radius 1 is 1.23 bits per heavy atom. The number of carbonyl (C=O) groups is 1. The molecule has 1 aliphatic heterocycles. The van der Waals surface area contributed by atoms with Gasteiger partial charge in [0, 0.05) is 13.1 Å². The highest BCUT2D eigenvalue weighted by atomic mass is 32.2. The van der Waals surface area contributed by atoms with Crippen LogP contribution in [-0.2, 0) is 14.8 Å². The number of rotatable bonds is 7. The second-order valence-corrected chi connectivity index (χ2v) is 8.21. The van der Waals surface area contributed by atoms with Crippen molar-refractivity contribution in [2.45, 2.75) is 25.3 Å². The Morgan fingerprint density at radius 3 is 2.64 bits per heavy atom. The van der Waals surface area contributed by atoms with E-state index < -0.39 is 10.0 Å². The van der Waals surface area contributed by atoms with Gasteiger partial charge in [0.15, 0.2) is 0 Å². The van der Waals surface area contributed by atoms with Crippen molar-refractivity contribution < 1.29 is 13.2 Å². The van der Waals surface area contributed by atoms with E-state index in [4.69, 9.17) is 0 Å². The maximum absolute atomic E-state index is 12.7.